The lowest BCUT2D eigenvalue weighted by molar-refractivity contribution is 1.02. The van der Waals surface area contributed by atoms with Crippen LogP contribution in [0.4, 0.5) is 0 Å². The zero-order chi connectivity index (χ0) is 16.6. The van der Waals surface area contributed by atoms with Crippen molar-refractivity contribution in [3.8, 4) is 11.3 Å². The summed E-state index contributed by atoms with van der Waals surface area (Å²) in [5.41, 5.74) is 3.66. The van der Waals surface area contributed by atoms with Crippen LogP contribution < -0.4 is 0 Å². The number of halogens is 4. The van der Waals surface area contributed by atoms with Gasteiger partial charge >= 0.3 is 0 Å². The van der Waals surface area contributed by atoms with E-state index in [1.165, 1.54) is 0 Å². The van der Waals surface area contributed by atoms with Gasteiger partial charge in [0.2, 0.25) is 0 Å². The van der Waals surface area contributed by atoms with Crippen molar-refractivity contribution in [1.29, 1.82) is 0 Å². The molecule has 118 valence electrons. The quantitative estimate of drug-likeness (QED) is 0.541. The third-order valence-electron chi connectivity index (χ3n) is 3.36. The highest BCUT2D eigenvalue weighted by atomic mass is 35.5. The van der Waals surface area contributed by atoms with E-state index in [4.69, 9.17) is 46.4 Å². The fourth-order valence-corrected chi connectivity index (χ4v) is 3.58. The van der Waals surface area contributed by atoms with Crippen LogP contribution in [0.3, 0.4) is 0 Å². The Kier molecular flexibility index (Phi) is 4.88. The molecule has 0 bridgehead atoms. The van der Waals surface area contributed by atoms with Crippen molar-refractivity contribution in [2.24, 2.45) is 0 Å². The zero-order valence-corrected chi connectivity index (χ0v) is 15.2. The molecule has 0 atom stereocenters. The van der Waals surface area contributed by atoms with Crippen molar-refractivity contribution in [2.75, 3.05) is 0 Å². The second-order valence-electron chi connectivity index (χ2n) is 5.27. The Morgan fingerprint density at radius 2 is 1.35 bits per heavy atom. The third kappa shape index (κ3) is 4.02. The lowest BCUT2D eigenvalue weighted by Crippen LogP contribution is -1.91. The number of rotatable bonds is 3. The molecule has 0 aliphatic heterocycles. The highest BCUT2D eigenvalue weighted by molar-refractivity contribution is 6.35. The summed E-state index contributed by atoms with van der Waals surface area (Å²) >= 11 is 24.2. The van der Waals surface area contributed by atoms with Gasteiger partial charge in [0.15, 0.2) is 0 Å². The summed E-state index contributed by atoms with van der Waals surface area (Å²) in [5, 5.41) is 2.38. The summed E-state index contributed by atoms with van der Waals surface area (Å²) in [6.45, 7) is 1.96. The number of H-pyrrole nitrogens is 1. The minimum absolute atomic E-state index is 0.582. The zero-order valence-electron chi connectivity index (χ0n) is 12.1. The fraction of sp³-hybridized carbons (Fsp3) is 0.118. The number of aromatic amines is 1. The smallest absolute Gasteiger partial charge is 0.111 e. The summed E-state index contributed by atoms with van der Waals surface area (Å²) in [7, 11) is 0. The Bertz CT molecular complexity index is 831. The van der Waals surface area contributed by atoms with Gasteiger partial charge in [-0.3, -0.25) is 0 Å². The molecule has 1 heterocycles. The molecule has 0 saturated heterocycles. The molecule has 0 radical (unpaired) electrons. The molecule has 23 heavy (non-hydrogen) atoms. The molecule has 2 aromatic carbocycles. The highest BCUT2D eigenvalue weighted by Crippen LogP contribution is 2.29. The SMILES string of the molecule is Cc1[nH]c(Cc2cc(Cl)cc(Cl)c2)nc1-c1cc(Cl)cc(Cl)c1. The van der Waals surface area contributed by atoms with Crippen molar-refractivity contribution in [3.05, 3.63) is 73.6 Å². The van der Waals surface area contributed by atoms with Crippen molar-refractivity contribution in [2.45, 2.75) is 13.3 Å². The molecule has 1 aromatic heterocycles. The van der Waals surface area contributed by atoms with Crippen LogP contribution in [0, 0.1) is 6.92 Å². The van der Waals surface area contributed by atoms with Crippen molar-refractivity contribution in [3.63, 3.8) is 0 Å². The highest BCUT2D eigenvalue weighted by Gasteiger charge is 2.11. The predicted molar refractivity (Wildman–Crippen MR) is 98.0 cm³/mol. The maximum Gasteiger partial charge on any atom is 0.111 e. The van der Waals surface area contributed by atoms with Crippen LogP contribution in [0.2, 0.25) is 20.1 Å². The number of nitrogens with one attached hydrogen (secondary N) is 1. The first kappa shape index (κ1) is 16.7. The van der Waals surface area contributed by atoms with E-state index in [9.17, 15) is 0 Å². The molecule has 0 unspecified atom stereocenters. The molecule has 2 nitrogen and oxygen atoms in total. The molecular formula is C17H12Cl4N2. The van der Waals surface area contributed by atoms with Crippen molar-refractivity contribution < 1.29 is 0 Å². The molecule has 3 rings (SSSR count). The van der Waals surface area contributed by atoms with Gasteiger partial charge in [-0.1, -0.05) is 46.4 Å². The summed E-state index contributed by atoms with van der Waals surface area (Å²) < 4.78 is 0. The topological polar surface area (TPSA) is 28.7 Å². The van der Waals surface area contributed by atoms with Crippen LogP contribution in [0.5, 0.6) is 0 Å². The molecule has 0 amide bonds. The first-order valence-electron chi connectivity index (χ1n) is 6.87. The van der Waals surface area contributed by atoms with Gasteiger partial charge in [0, 0.05) is 37.8 Å². The van der Waals surface area contributed by atoms with E-state index in [0.717, 1.165) is 28.3 Å². The Labute approximate surface area is 154 Å². The van der Waals surface area contributed by atoms with Gasteiger partial charge in [0.1, 0.15) is 5.82 Å². The second kappa shape index (κ2) is 6.74. The van der Waals surface area contributed by atoms with Gasteiger partial charge in [0.05, 0.1) is 5.69 Å². The average molecular weight is 386 g/mol. The van der Waals surface area contributed by atoms with E-state index in [1.807, 2.05) is 31.2 Å². The Balaban J connectivity index is 1.94. The number of benzene rings is 2. The predicted octanol–water partition coefficient (Wildman–Crippen LogP) is 6.59. The molecule has 0 spiro atoms. The van der Waals surface area contributed by atoms with Gasteiger partial charge in [-0.05, 0) is 48.9 Å². The van der Waals surface area contributed by atoms with Gasteiger partial charge in [-0.2, -0.15) is 0 Å². The van der Waals surface area contributed by atoms with Gasteiger partial charge in [-0.25, -0.2) is 4.98 Å². The molecule has 0 aliphatic carbocycles. The average Bonchev–Trinajstić information content (AvgIpc) is 2.77. The second-order valence-corrected chi connectivity index (χ2v) is 7.02. The van der Waals surface area contributed by atoms with E-state index in [0.29, 0.717) is 26.5 Å². The normalized spacial score (nSPS) is 11.0. The van der Waals surface area contributed by atoms with Crippen LogP contribution in [-0.4, -0.2) is 9.97 Å². The lowest BCUT2D eigenvalue weighted by atomic mass is 10.1. The number of aryl methyl sites for hydroxylation is 1. The monoisotopic (exact) mass is 384 g/mol. The Morgan fingerprint density at radius 3 is 1.91 bits per heavy atom. The molecule has 6 heteroatoms. The largest absolute Gasteiger partial charge is 0.345 e. The van der Waals surface area contributed by atoms with Crippen molar-refractivity contribution in [1.82, 2.24) is 9.97 Å². The molecular weight excluding hydrogens is 374 g/mol. The standard InChI is InChI=1S/C17H12Cl4N2/c1-9-17(11-5-14(20)8-15(21)6-11)23-16(22-9)4-10-2-12(18)7-13(19)3-10/h2-3,5-8H,4H2,1H3,(H,22,23). The first-order valence-corrected chi connectivity index (χ1v) is 8.39. The van der Waals surface area contributed by atoms with Gasteiger partial charge < -0.3 is 4.98 Å². The maximum atomic E-state index is 6.07. The minimum Gasteiger partial charge on any atom is -0.345 e. The van der Waals surface area contributed by atoms with E-state index < -0.39 is 0 Å². The Morgan fingerprint density at radius 1 is 0.826 bits per heavy atom. The van der Waals surface area contributed by atoms with Gasteiger partial charge in [-0.15, -0.1) is 0 Å². The van der Waals surface area contributed by atoms with Crippen LogP contribution in [0.1, 0.15) is 17.1 Å². The van der Waals surface area contributed by atoms with Crippen LogP contribution >= 0.6 is 46.4 Å². The van der Waals surface area contributed by atoms with E-state index in [-0.39, 0.29) is 0 Å². The minimum atomic E-state index is 0.582. The van der Waals surface area contributed by atoms with Crippen LogP contribution in [0.15, 0.2) is 36.4 Å². The number of nitrogens with zero attached hydrogens (tertiary/aromatic N) is 1. The third-order valence-corrected chi connectivity index (χ3v) is 4.24. The van der Waals surface area contributed by atoms with Gasteiger partial charge in [0.25, 0.3) is 0 Å². The number of hydrogen-bond donors (Lipinski definition) is 1. The number of imidazole rings is 1. The van der Waals surface area contributed by atoms with Crippen LogP contribution in [0.25, 0.3) is 11.3 Å². The summed E-state index contributed by atoms with van der Waals surface area (Å²) in [6.07, 6.45) is 0.607. The molecule has 0 fully saturated rings. The number of aromatic nitrogens is 2. The molecule has 0 saturated carbocycles. The number of hydrogen-bond acceptors (Lipinski definition) is 1. The summed E-state index contributed by atoms with van der Waals surface area (Å²) in [4.78, 5) is 7.94. The Hall–Kier alpha value is -1.19. The fourth-order valence-electron chi connectivity index (χ4n) is 2.48. The van der Waals surface area contributed by atoms with Crippen LogP contribution in [-0.2, 0) is 6.42 Å². The molecule has 0 aliphatic rings. The van der Waals surface area contributed by atoms with E-state index in [1.54, 1.807) is 12.1 Å². The summed E-state index contributed by atoms with van der Waals surface area (Å²) in [6, 6.07) is 10.8. The van der Waals surface area contributed by atoms with E-state index in [2.05, 4.69) is 9.97 Å². The summed E-state index contributed by atoms with van der Waals surface area (Å²) in [5.74, 6) is 0.826. The first-order chi connectivity index (χ1) is 10.9. The molecule has 1 N–H and O–H groups in total. The molecule has 3 aromatic rings. The lowest BCUT2D eigenvalue weighted by Gasteiger charge is -2.01. The van der Waals surface area contributed by atoms with E-state index >= 15 is 0 Å². The van der Waals surface area contributed by atoms with Crippen molar-refractivity contribution >= 4 is 46.4 Å². The maximum absolute atomic E-state index is 6.07.